The lowest BCUT2D eigenvalue weighted by Gasteiger charge is -2.07. The molecule has 0 radical (unpaired) electrons. The number of hydrogen-bond acceptors (Lipinski definition) is 6. The smallest absolute Gasteiger partial charge is 0.248 e. The van der Waals surface area contributed by atoms with Crippen LogP contribution in [0.2, 0.25) is 0 Å². The van der Waals surface area contributed by atoms with E-state index >= 15 is 0 Å². The van der Waals surface area contributed by atoms with Gasteiger partial charge in [0.2, 0.25) is 11.8 Å². The second-order valence-corrected chi connectivity index (χ2v) is 5.18. The van der Waals surface area contributed by atoms with Gasteiger partial charge in [-0.05, 0) is 35.9 Å². The van der Waals surface area contributed by atoms with Crippen molar-refractivity contribution in [2.45, 2.75) is 13.0 Å². The van der Waals surface area contributed by atoms with Gasteiger partial charge in [0.1, 0.15) is 5.82 Å². The molecule has 3 rings (SSSR count). The second kappa shape index (κ2) is 7.29. The first-order valence-electron chi connectivity index (χ1n) is 7.48. The number of ether oxygens (including phenoxy) is 1. The molecule has 0 aliphatic carbocycles. The van der Waals surface area contributed by atoms with Gasteiger partial charge in [0.05, 0.1) is 12.3 Å². The molecule has 7 heteroatoms. The van der Waals surface area contributed by atoms with Gasteiger partial charge in [0.15, 0.2) is 0 Å². The third-order valence-corrected chi connectivity index (χ3v) is 3.56. The van der Waals surface area contributed by atoms with Gasteiger partial charge in [0.25, 0.3) is 0 Å². The Morgan fingerprint density at radius 2 is 2.00 bits per heavy atom. The third-order valence-electron chi connectivity index (χ3n) is 3.56. The fourth-order valence-electron chi connectivity index (χ4n) is 2.28. The van der Waals surface area contributed by atoms with Crippen LogP contribution in [-0.4, -0.2) is 28.9 Å². The van der Waals surface area contributed by atoms with Crippen LogP contribution in [0, 0.1) is 5.82 Å². The summed E-state index contributed by atoms with van der Waals surface area (Å²) in [7, 11) is 1.61. The zero-order valence-corrected chi connectivity index (χ0v) is 13.2. The first-order chi connectivity index (χ1) is 11.7. The number of rotatable bonds is 6. The standard InChI is InChI=1S/C17H17FN4O2/c1-23-7-6-16-21-22-17(24-16)14-8-15(20-10-12(14)9-19)11-2-4-13(18)5-3-11/h2-5,8,10H,6-7,9,19H2,1H3. The summed E-state index contributed by atoms with van der Waals surface area (Å²) in [5.74, 6) is 0.583. The fourth-order valence-corrected chi connectivity index (χ4v) is 2.28. The molecule has 124 valence electrons. The summed E-state index contributed by atoms with van der Waals surface area (Å²) < 4.78 is 23.8. The number of aromatic nitrogens is 3. The number of hydrogen-bond donors (Lipinski definition) is 1. The predicted octanol–water partition coefficient (Wildman–Crippen LogP) is 2.59. The maximum Gasteiger partial charge on any atom is 0.248 e. The van der Waals surface area contributed by atoms with E-state index in [1.165, 1.54) is 12.1 Å². The Morgan fingerprint density at radius 3 is 2.71 bits per heavy atom. The third kappa shape index (κ3) is 3.47. The van der Waals surface area contributed by atoms with Crippen molar-refractivity contribution < 1.29 is 13.5 Å². The summed E-state index contributed by atoms with van der Waals surface area (Å²) in [5, 5.41) is 8.09. The highest BCUT2D eigenvalue weighted by molar-refractivity contribution is 5.68. The van der Waals surface area contributed by atoms with Gasteiger partial charge < -0.3 is 14.9 Å². The molecular weight excluding hydrogens is 311 g/mol. The Labute approximate surface area is 138 Å². The summed E-state index contributed by atoms with van der Waals surface area (Å²) in [6, 6.07) is 7.94. The number of nitrogens with two attached hydrogens (primary N) is 1. The molecule has 0 fully saturated rings. The van der Waals surface area contributed by atoms with Gasteiger partial charge in [0, 0.05) is 37.4 Å². The first kappa shape index (κ1) is 16.2. The van der Waals surface area contributed by atoms with E-state index in [0.717, 1.165) is 16.7 Å². The highest BCUT2D eigenvalue weighted by Crippen LogP contribution is 2.27. The van der Waals surface area contributed by atoms with E-state index in [4.69, 9.17) is 14.9 Å². The number of nitrogens with zero attached hydrogens (tertiary/aromatic N) is 3. The monoisotopic (exact) mass is 328 g/mol. The first-order valence-corrected chi connectivity index (χ1v) is 7.48. The van der Waals surface area contributed by atoms with Gasteiger partial charge in [-0.3, -0.25) is 4.98 Å². The Kier molecular flexibility index (Phi) is 4.93. The molecular formula is C17H17FN4O2. The van der Waals surface area contributed by atoms with E-state index in [1.54, 1.807) is 25.4 Å². The topological polar surface area (TPSA) is 87.1 Å². The van der Waals surface area contributed by atoms with Crippen LogP contribution < -0.4 is 5.73 Å². The van der Waals surface area contributed by atoms with Crippen molar-refractivity contribution in [3.8, 4) is 22.7 Å². The minimum absolute atomic E-state index is 0.293. The molecule has 0 aliphatic heterocycles. The number of pyridine rings is 1. The summed E-state index contributed by atoms with van der Waals surface area (Å²) in [6.45, 7) is 0.796. The molecule has 24 heavy (non-hydrogen) atoms. The van der Waals surface area contributed by atoms with Crippen molar-refractivity contribution in [1.29, 1.82) is 0 Å². The van der Waals surface area contributed by atoms with Crippen molar-refractivity contribution in [2.24, 2.45) is 5.73 Å². The van der Waals surface area contributed by atoms with Crippen molar-refractivity contribution in [2.75, 3.05) is 13.7 Å². The zero-order valence-electron chi connectivity index (χ0n) is 13.2. The average Bonchev–Trinajstić information content (AvgIpc) is 3.09. The Hall–Kier alpha value is -2.64. The summed E-state index contributed by atoms with van der Waals surface area (Å²) in [5.41, 5.74) is 8.77. The van der Waals surface area contributed by atoms with Crippen LogP contribution in [0.4, 0.5) is 4.39 Å². The van der Waals surface area contributed by atoms with Gasteiger partial charge in [-0.2, -0.15) is 0 Å². The highest BCUT2D eigenvalue weighted by atomic mass is 19.1. The number of methoxy groups -OCH3 is 1. The summed E-state index contributed by atoms with van der Waals surface area (Å²) in [4.78, 5) is 4.38. The SMILES string of the molecule is COCCc1nnc(-c2cc(-c3ccc(F)cc3)ncc2CN)o1. The maximum absolute atomic E-state index is 13.1. The van der Waals surface area contributed by atoms with E-state index in [-0.39, 0.29) is 5.82 Å². The summed E-state index contributed by atoms with van der Waals surface area (Å²) in [6.07, 6.45) is 2.21. The fraction of sp³-hybridized carbons (Fsp3) is 0.235. The maximum atomic E-state index is 13.1. The van der Waals surface area contributed by atoms with Gasteiger partial charge in [-0.25, -0.2) is 4.39 Å². The lowest BCUT2D eigenvalue weighted by atomic mass is 10.1. The van der Waals surface area contributed by atoms with Crippen LogP contribution in [-0.2, 0) is 17.7 Å². The average molecular weight is 328 g/mol. The molecule has 0 saturated heterocycles. The van der Waals surface area contributed by atoms with Crippen molar-refractivity contribution in [1.82, 2.24) is 15.2 Å². The number of halogens is 1. The van der Waals surface area contributed by atoms with Crippen molar-refractivity contribution >= 4 is 0 Å². The van der Waals surface area contributed by atoms with E-state index in [0.29, 0.717) is 37.0 Å². The van der Waals surface area contributed by atoms with E-state index < -0.39 is 0 Å². The molecule has 0 spiro atoms. The molecule has 0 amide bonds. The van der Waals surface area contributed by atoms with Gasteiger partial charge in [-0.1, -0.05) is 0 Å². The molecule has 6 nitrogen and oxygen atoms in total. The quantitative estimate of drug-likeness (QED) is 0.748. The molecule has 0 saturated carbocycles. The van der Waals surface area contributed by atoms with Crippen LogP contribution in [0.25, 0.3) is 22.7 Å². The number of benzene rings is 1. The molecule has 0 unspecified atom stereocenters. The molecule has 2 N–H and O–H groups in total. The molecule has 0 atom stereocenters. The van der Waals surface area contributed by atoms with Crippen LogP contribution in [0.3, 0.4) is 0 Å². The van der Waals surface area contributed by atoms with Crippen molar-refractivity contribution in [3.63, 3.8) is 0 Å². The Balaban J connectivity index is 1.97. The predicted molar refractivity (Wildman–Crippen MR) is 86.4 cm³/mol. The largest absolute Gasteiger partial charge is 0.421 e. The zero-order chi connectivity index (χ0) is 16.9. The normalized spacial score (nSPS) is 11.0. The van der Waals surface area contributed by atoms with Crippen LogP contribution in [0.15, 0.2) is 40.9 Å². The van der Waals surface area contributed by atoms with Crippen LogP contribution in [0.5, 0.6) is 0 Å². The second-order valence-electron chi connectivity index (χ2n) is 5.18. The Bertz CT molecular complexity index is 818. The van der Waals surface area contributed by atoms with E-state index in [2.05, 4.69) is 15.2 Å². The van der Waals surface area contributed by atoms with Crippen LogP contribution in [0.1, 0.15) is 11.5 Å². The van der Waals surface area contributed by atoms with Crippen LogP contribution >= 0.6 is 0 Å². The van der Waals surface area contributed by atoms with Gasteiger partial charge >= 0.3 is 0 Å². The molecule has 0 aliphatic rings. The molecule has 2 aromatic heterocycles. The van der Waals surface area contributed by atoms with Crippen molar-refractivity contribution in [3.05, 3.63) is 53.8 Å². The summed E-state index contributed by atoms with van der Waals surface area (Å²) >= 11 is 0. The minimum Gasteiger partial charge on any atom is -0.421 e. The minimum atomic E-state index is -0.294. The molecule has 2 heterocycles. The highest BCUT2D eigenvalue weighted by Gasteiger charge is 2.14. The Morgan fingerprint density at radius 1 is 1.21 bits per heavy atom. The van der Waals surface area contributed by atoms with E-state index in [1.807, 2.05) is 6.07 Å². The molecule has 0 bridgehead atoms. The lowest BCUT2D eigenvalue weighted by molar-refractivity contribution is 0.195. The lowest BCUT2D eigenvalue weighted by Crippen LogP contribution is -2.01. The molecule has 3 aromatic rings. The molecule has 1 aromatic carbocycles. The van der Waals surface area contributed by atoms with E-state index in [9.17, 15) is 4.39 Å². The van der Waals surface area contributed by atoms with Gasteiger partial charge in [-0.15, -0.1) is 10.2 Å².